The van der Waals surface area contributed by atoms with E-state index in [9.17, 15) is 4.79 Å². The molecule has 4 heteroatoms. The molecule has 1 atom stereocenters. The molecule has 1 aromatic rings. The molecule has 20 heavy (non-hydrogen) atoms. The number of carbonyl (C=O) groups is 1. The second-order valence-electron chi connectivity index (χ2n) is 5.26. The van der Waals surface area contributed by atoms with Crippen molar-refractivity contribution in [2.75, 3.05) is 13.2 Å². The van der Waals surface area contributed by atoms with Crippen molar-refractivity contribution >= 4 is 5.91 Å². The molecule has 112 valence electrons. The molecule has 1 unspecified atom stereocenters. The number of nitrogens with one attached hydrogen (secondary N) is 1. The molecule has 0 spiro atoms. The molecule has 0 saturated heterocycles. The van der Waals surface area contributed by atoms with Gasteiger partial charge in [-0.05, 0) is 56.9 Å². The molecule has 0 radical (unpaired) electrons. The Labute approximate surface area is 121 Å². The van der Waals surface area contributed by atoms with E-state index in [1.54, 1.807) is 6.92 Å². The topological polar surface area (TPSA) is 58.6 Å². The van der Waals surface area contributed by atoms with Gasteiger partial charge in [0.1, 0.15) is 5.75 Å². The number of hydrogen-bond donors (Lipinski definition) is 2. The maximum atomic E-state index is 11.6. The maximum Gasteiger partial charge on any atom is 0.223 e. The number of aryl methyl sites for hydroxylation is 2. The molecule has 1 aromatic carbocycles. The molecule has 0 aliphatic heterocycles. The quantitative estimate of drug-likeness (QED) is 0.718. The Morgan fingerprint density at radius 3 is 2.55 bits per heavy atom. The Kier molecular flexibility index (Phi) is 7.09. The van der Waals surface area contributed by atoms with Crippen LogP contribution < -0.4 is 10.1 Å². The monoisotopic (exact) mass is 279 g/mol. The SMILES string of the molecule is Cc1cc(C)cc(OCCC(=O)NCCCC(C)O)c1. The van der Waals surface area contributed by atoms with E-state index in [2.05, 4.69) is 11.4 Å². The molecular formula is C16H25NO3. The van der Waals surface area contributed by atoms with Gasteiger partial charge in [-0.25, -0.2) is 0 Å². The predicted molar refractivity (Wildman–Crippen MR) is 80.0 cm³/mol. The molecule has 0 bridgehead atoms. The lowest BCUT2D eigenvalue weighted by atomic mass is 10.1. The lowest BCUT2D eigenvalue weighted by molar-refractivity contribution is -0.121. The van der Waals surface area contributed by atoms with Gasteiger partial charge in [-0.3, -0.25) is 4.79 Å². The van der Waals surface area contributed by atoms with Gasteiger partial charge < -0.3 is 15.2 Å². The molecule has 0 saturated carbocycles. The summed E-state index contributed by atoms with van der Waals surface area (Å²) < 4.78 is 5.58. The first-order valence-corrected chi connectivity index (χ1v) is 7.13. The molecule has 0 aliphatic rings. The third-order valence-electron chi connectivity index (χ3n) is 2.91. The van der Waals surface area contributed by atoms with Crippen LogP contribution in [0.25, 0.3) is 0 Å². The van der Waals surface area contributed by atoms with E-state index in [1.807, 2.05) is 26.0 Å². The summed E-state index contributed by atoms with van der Waals surface area (Å²) in [5, 5.41) is 11.9. The second kappa shape index (κ2) is 8.59. The number of hydrogen-bond acceptors (Lipinski definition) is 3. The third kappa shape index (κ3) is 7.14. The normalized spacial score (nSPS) is 12.0. The van der Waals surface area contributed by atoms with E-state index in [0.29, 0.717) is 26.0 Å². The molecule has 0 aliphatic carbocycles. The summed E-state index contributed by atoms with van der Waals surface area (Å²) in [6, 6.07) is 6.02. The summed E-state index contributed by atoms with van der Waals surface area (Å²) >= 11 is 0. The lowest BCUT2D eigenvalue weighted by Crippen LogP contribution is -2.26. The minimum atomic E-state index is -0.306. The standard InChI is InChI=1S/C16H25NO3/c1-12-9-13(2)11-15(10-12)20-8-6-16(19)17-7-4-5-14(3)18/h9-11,14,18H,4-8H2,1-3H3,(H,17,19). The van der Waals surface area contributed by atoms with Crippen molar-refractivity contribution in [2.45, 2.75) is 46.1 Å². The first-order valence-electron chi connectivity index (χ1n) is 7.13. The smallest absolute Gasteiger partial charge is 0.223 e. The highest BCUT2D eigenvalue weighted by Gasteiger charge is 2.03. The predicted octanol–water partition coefficient (Wildman–Crippen LogP) is 2.35. The van der Waals surface area contributed by atoms with Crippen LogP contribution in [0.4, 0.5) is 0 Å². The Balaban J connectivity index is 2.18. The van der Waals surface area contributed by atoms with Crippen molar-refractivity contribution in [2.24, 2.45) is 0 Å². The van der Waals surface area contributed by atoms with Crippen molar-refractivity contribution in [1.82, 2.24) is 5.32 Å². The van der Waals surface area contributed by atoms with Crippen molar-refractivity contribution in [3.05, 3.63) is 29.3 Å². The van der Waals surface area contributed by atoms with Crippen LogP contribution in [0, 0.1) is 13.8 Å². The number of ether oxygens (including phenoxy) is 1. The first-order chi connectivity index (χ1) is 9.47. The summed E-state index contributed by atoms with van der Waals surface area (Å²) in [6.45, 7) is 6.78. The largest absolute Gasteiger partial charge is 0.493 e. The molecule has 0 fully saturated rings. The van der Waals surface area contributed by atoms with Gasteiger partial charge in [0.25, 0.3) is 0 Å². The van der Waals surface area contributed by atoms with E-state index < -0.39 is 0 Å². The van der Waals surface area contributed by atoms with E-state index in [0.717, 1.165) is 23.3 Å². The average Bonchev–Trinajstić information content (AvgIpc) is 2.33. The molecule has 2 N–H and O–H groups in total. The summed E-state index contributed by atoms with van der Waals surface area (Å²) in [5.74, 6) is 0.796. The van der Waals surface area contributed by atoms with Crippen LogP contribution in [-0.2, 0) is 4.79 Å². The fourth-order valence-electron chi connectivity index (χ4n) is 1.99. The third-order valence-corrected chi connectivity index (χ3v) is 2.91. The number of aliphatic hydroxyl groups is 1. The van der Waals surface area contributed by atoms with Gasteiger partial charge in [-0.2, -0.15) is 0 Å². The average molecular weight is 279 g/mol. The van der Waals surface area contributed by atoms with E-state index >= 15 is 0 Å². The van der Waals surface area contributed by atoms with Crippen LogP contribution in [0.3, 0.4) is 0 Å². The van der Waals surface area contributed by atoms with Crippen LogP contribution in [-0.4, -0.2) is 30.3 Å². The minimum absolute atomic E-state index is 0.0139. The zero-order valence-electron chi connectivity index (χ0n) is 12.6. The van der Waals surface area contributed by atoms with Crippen molar-refractivity contribution in [3.63, 3.8) is 0 Å². The van der Waals surface area contributed by atoms with E-state index in [1.165, 1.54) is 0 Å². The number of aliphatic hydroxyl groups excluding tert-OH is 1. The van der Waals surface area contributed by atoms with Crippen LogP contribution >= 0.6 is 0 Å². The molecule has 0 heterocycles. The second-order valence-corrected chi connectivity index (χ2v) is 5.26. The van der Waals surface area contributed by atoms with Crippen LogP contribution in [0.5, 0.6) is 5.75 Å². The van der Waals surface area contributed by atoms with Gasteiger partial charge in [-0.1, -0.05) is 6.07 Å². The Morgan fingerprint density at radius 2 is 1.95 bits per heavy atom. The summed E-state index contributed by atoms with van der Waals surface area (Å²) in [5.41, 5.74) is 2.31. The zero-order valence-corrected chi connectivity index (χ0v) is 12.6. The molecule has 0 aromatic heterocycles. The fourth-order valence-corrected chi connectivity index (χ4v) is 1.99. The minimum Gasteiger partial charge on any atom is -0.493 e. The number of rotatable bonds is 8. The molecular weight excluding hydrogens is 254 g/mol. The van der Waals surface area contributed by atoms with Crippen molar-refractivity contribution < 1.29 is 14.6 Å². The van der Waals surface area contributed by atoms with Gasteiger partial charge in [0, 0.05) is 6.54 Å². The van der Waals surface area contributed by atoms with Gasteiger partial charge >= 0.3 is 0 Å². The number of benzene rings is 1. The zero-order chi connectivity index (χ0) is 15.0. The molecule has 4 nitrogen and oxygen atoms in total. The Morgan fingerprint density at radius 1 is 1.30 bits per heavy atom. The van der Waals surface area contributed by atoms with Gasteiger partial charge in [-0.15, -0.1) is 0 Å². The summed E-state index contributed by atoms with van der Waals surface area (Å²) in [6.07, 6.45) is 1.54. The highest BCUT2D eigenvalue weighted by Crippen LogP contribution is 2.16. The van der Waals surface area contributed by atoms with Crippen LogP contribution in [0.15, 0.2) is 18.2 Å². The maximum absolute atomic E-state index is 11.6. The highest BCUT2D eigenvalue weighted by atomic mass is 16.5. The lowest BCUT2D eigenvalue weighted by Gasteiger charge is -2.09. The van der Waals surface area contributed by atoms with Crippen molar-refractivity contribution in [1.29, 1.82) is 0 Å². The van der Waals surface area contributed by atoms with Crippen molar-refractivity contribution in [3.8, 4) is 5.75 Å². The summed E-state index contributed by atoms with van der Waals surface area (Å²) in [7, 11) is 0. The number of amides is 1. The number of carbonyl (C=O) groups excluding carboxylic acids is 1. The molecule has 1 amide bonds. The Hall–Kier alpha value is -1.55. The van der Waals surface area contributed by atoms with Gasteiger partial charge in [0.2, 0.25) is 5.91 Å². The van der Waals surface area contributed by atoms with Crippen LogP contribution in [0.1, 0.15) is 37.3 Å². The van der Waals surface area contributed by atoms with E-state index in [4.69, 9.17) is 9.84 Å². The molecule has 1 rings (SSSR count). The van der Waals surface area contributed by atoms with Crippen LogP contribution in [0.2, 0.25) is 0 Å². The fraction of sp³-hybridized carbons (Fsp3) is 0.562. The van der Waals surface area contributed by atoms with Gasteiger partial charge in [0.05, 0.1) is 19.1 Å². The Bertz CT molecular complexity index is 409. The summed E-state index contributed by atoms with van der Waals surface area (Å²) in [4.78, 5) is 11.6. The van der Waals surface area contributed by atoms with E-state index in [-0.39, 0.29) is 12.0 Å². The first kappa shape index (κ1) is 16.5. The highest BCUT2D eigenvalue weighted by molar-refractivity contribution is 5.75. The van der Waals surface area contributed by atoms with Gasteiger partial charge in [0.15, 0.2) is 0 Å².